The van der Waals surface area contributed by atoms with Gasteiger partial charge in [0, 0.05) is 29.3 Å². The number of carbonyl (C=O) groups is 1. The van der Waals surface area contributed by atoms with E-state index in [0.29, 0.717) is 11.6 Å². The molecule has 2 heterocycles. The van der Waals surface area contributed by atoms with E-state index in [4.69, 9.17) is 5.11 Å². The summed E-state index contributed by atoms with van der Waals surface area (Å²) in [5.74, 6) is -0.872. The van der Waals surface area contributed by atoms with Crippen LogP contribution in [0.1, 0.15) is 29.6 Å². The van der Waals surface area contributed by atoms with E-state index in [1.54, 1.807) is 12.1 Å². The Morgan fingerprint density at radius 2 is 1.95 bits per heavy atom. The monoisotopic (exact) mass is 338 g/mol. The van der Waals surface area contributed by atoms with Gasteiger partial charge in [-0.1, -0.05) is 15.9 Å². The molecular weight excluding hydrogens is 320 g/mol. The second-order valence-corrected chi connectivity index (χ2v) is 6.55. The number of halogens is 1. The fourth-order valence-corrected chi connectivity index (χ4v) is 3.74. The second kappa shape index (κ2) is 5.74. The zero-order valence-corrected chi connectivity index (χ0v) is 13.0. The van der Waals surface area contributed by atoms with Crippen LogP contribution in [0.25, 0.3) is 0 Å². The number of nitrogens with zero attached hydrogens (tertiary/aromatic N) is 2. The maximum absolute atomic E-state index is 11.1. The first-order valence-electron chi connectivity index (χ1n) is 7.16. The van der Waals surface area contributed by atoms with Gasteiger partial charge in [-0.25, -0.2) is 4.79 Å². The van der Waals surface area contributed by atoms with Crippen molar-refractivity contribution in [2.75, 3.05) is 31.1 Å². The summed E-state index contributed by atoms with van der Waals surface area (Å²) in [4.78, 5) is 16.0. The molecule has 2 saturated heterocycles. The van der Waals surface area contributed by atoms with Crippen molar-refractivity contribution in [1.82, 2.24) is 4.90 Å². The largest absolute Gasteiger partial charge is 0.478 e. The van der Waals surface area contributed by atoms with Crippen LogP contribution in [0.2, 0.25) is 0 Å². The summed E-state index contributed by atoms with van der Waals surface area (Å²) >= 11 is 3.41. The van der Waals surface area contributed by atoms with Crippen molar-refractivity contribution in [3.8, 4) is 0 Å². The van der Waals surface area contributed by atoms with Gasteiger partial charge in [-0.2, -0.15) is 0 Å². The van der Waals surface area contributed by atoms with Crippen LogP contribution in [0.15, 0.2) is 22.7 Å². The highest BCUT2D eigenvalue weighted by molar-refractivity contribution is 9.10. The lowest BCUT2D eigenvalue weighted by Gasteiger charge is -2.24. The molecule has 0 saturated carbocycles. The van der Waals surface area contributed by atoms with Crippen LogP contribution >= 0.6 is 15.9 Å². The fourth-order valence-electron chi connectivity index (χ4n) is 3.26. The highest BCUT2D eigenvalue weighted by atomic mass is 79.9. The number of likely N-dealkylation sites (tertiary alicyclic amines) is 1. The van der Waals surface area contributed by atoms with Crippen LogP contribution in [0.5, 0.6) is 0 Å². The summed E-state index contributed by atoms with van der Waals surface area (Å²) in [6, 6.07) is 6.07. The molecule has 0 aromatic heterocycles. The molecular formula is C15H19BrN2O2. The van der Waals surface area contributed by atoms with E-state index in [2.05, 4.69) is 25.7 Å². The van der Waals surface area contributed by atoms with Crippen LogP contribution in [0, 0.1) is 0 Å². The molecule has 0 aliphatic carbocycles. The number of carboxylic acids is 1. The quantitative estimate of drug-likeness (QED) is 0.920. The number of rotatable bonds is 3. The zero-order valence-electron chi connectivity index (χ0n) is 11.4. The van der Waals surface area contributed by atoms with E-state index < -0.39 is 5.97 Å². The predicted molar refractivity (Wildman–Crippen MR) is 82.5 cm³/mol. The number of anilines is 1. The van der Waals surface area contributed by atoms with Gasteiger partial charge >= 0.3 is 5.97 Å². The Labute approximate surface area is 127 Å². The Kier molecular flexibility index (Phi) is 3.98. The first-order valence-corrected chi connectivity index (χ1v) is 7.95. The molecule has 1 atom stereocenters. The van der Waals surface area contributed by atoms with Crippen molar-refractivity contribution >= 4 is 27.6 Å². The number of benzene rings is 1. The molecule has 0 amide bonds. The molecule has 0 bridgehead atoms. The molecule has 0 radical (unpaired) electrons. The summed E-state index contributed by atoms with van der Waals surface area (Å²) in [6.45, 7) is 4.46. The Bertz CT molecular complexity index is 515. The predicted octanol–water partition coefficient (Wildman–Crippen LogP) is 2.82. The summed E-state index contributed by atoms with van der Waals surface area (Å²) in [6.07, 6.45) is 3.81. The maximum Gasteiger partial charge on any atom is 0.335 e. The molecule has 20 heavy (non-hydrogen) atoms. The normalized spacial score (nSPS) is 23.4. The van der Waals surface area contributed by atoms with Gasteiger partial charge in [-0.15, -0.1) is 0 Å². The van der Waals surface area contributed by atoms with Crippen LogP contribution in [0.3, 0.4) is 0 Å². The first kappa shape index (κ1) is 13.9. The average molecular weight is 339 g/mol. The molecule has 3 rings (SSSR count). The molecule has 2 fully saturated rings. The third-order valence-electron chi connectivity index (χ3n) is 4.32. The van der Waals surface area contributed by atoms with E-state index >= 15 is 0 Å². The third-order valence-corrected chi connectivity index (χ3v) is 4.77. The van der Waals surface area contributed by atoms with Crippen molar-refractivity contribution < 1.29 is 9.90 Å². The van der Waals surface area contributed by atoms with Crippen LogP contribution in [-0.4, -0.2) is 48.2 Å². The summed E-state index contributed by atoms with van der Waals surface area (Å²) in [5, 5.41) is 9.15. The first-order chi connectivity index (χ1) is 9.63. The Hall–Kier alpha value is -1.07. The van der Waals surface area contributed by atoms with Crippen LogP contribution in [-0.2, 0) is 0 Å². The Balaban J connectivity index is 1.75. The minimum absolute atomic E-state index is 0.346. The second-order valence-electron chi connectivity index (χ2n) is 5.63. The van der Waals surface area contributed by atoms with E-state index in [1.165, 1.54) is 32.4 Å². The standard InChI is InChI=1S/C15H19BrN2O2/c16-12-7-11(15(19)20)8-14(9-12)18-6-3-13(10-18)17-4-1-2-5-17/h7-9,13H,1-6,10H2,(H,19,20). The highest BCUT2D eigenvalue weighted by Gasteiger charge is 2.29. The average Bonchev–Trinajstić information content (AvgIpc) is 3.09. The molecule has 5 heteroatoms. The molecule has 2 aliphatic rings. The molecule has 108 valence electrons. The maximum atomic E-state index is 11.1. The third kappa shape index (κ3) is 2.83. The molecule has 1 aromatic rings. The minimum Gasteiger partial charge on any atom is -0.478 e. The van der Waals surface area contributed by atoms with Crippen molar-refractivity contribution in [2.45, 2.75) is 25.3 Å². The van der Waals surface area contributed by atoms with Crippen molar-refractivity contribution in [3.63, 3.8) is 0 Å². The van der Waals surface area contributed by atoms with Gasteiger partial charge in [0.1, 0.15) is 0 Å². The van der Waals surface area contributed by atoms with E-state index in [-0.39, 0.29) is 0 Å². The molecule has 1 aromatic carbocycles. The van der Waals surface area contributed by atoms with Gasteiger partial charge < -0.3 is 10.0 Å². The van der Waals surface area contributed by atoms with E-state index in [0.717, 1.165) is 23.2 Å². The van der Waals surface area contributed by atoms with Crippen LogP contribution < -0.4 is 4.90 Å². The van der Waals surface area contributed by atoms with E-state index in [9.17, 15) is 4.79 Å². The smallest absolute Gasteiger partial charge is 0.335 e. The lowest BCUT2D eigenvalue weighted by Crippen LogP contribution is -2.35. The minimum atomic E-state index is -0.872. The van der Waals surface area contributed by atoms with Gasteiger partial charge in [0.15, 0.2) is 0 Å². The van der Waals surface area contributed by atoms with E-state index in [1.807, 2.05) is 6.07 Å². The lowest BCUT2D eigenvalue weighted by atomic mass is 10.2. The number of hydrogen-bond donors (Lipinski definition) is 1. The Morgan fingerprint density at radius 3 is 2.65 bits per heavy atom. The molecule has 1 N–H and O–H groups in total. The van der Waals surface area contributed by atoms with Crippen molar-refractivity contribution in [3.05, 3.63) is 28.2 Å². The number of carboxylic acid groups (broad SMARTS) is 1. The van der Waals surface area contributed by atoms with Crippen LogP contribution in [0.4, 0.5) is 5.69 Å². The zero-order chi connectivity index (χ0) is 14.1. The summed E-state index contributed by atoms with van der Waals surface area (Å²) in [7, 11) is 0. The highest BCUT2D eigenvalue weighted by Crippen LogP contribution is 2.28. The number of aromatic carboxylic acids is 1. The van der Waals surface area contributed by atoms with Gasteiger partial charge in [0.2, 0.25) is 0 Å². The van der Waals surface area contributed by atoms with Gasteiger partial charge in [0.25, 0.3) is 0 Å². The topological polar surface area (TPSA) is 43.8 Å². The summed E-state index contributed by atoms with van der Waals surface area (Å²) < 4.78 is 0.831. The lowest BCUT2D eigenvalue weighted by molar-refractivity contribution is 0.0697. The SMILES string of the molecule is O=C(O)c1cc(Br)cc(N2CCC(N3CCCC3)C2)c1. The van der Waals surface area contributed by atoms with Gasteiger partial charge in [0.05, 0.1) is 5.56 Å². The Morgan fingerprint density at radius 1 is 1.20 bits per heavy atom. The summed E-state index contributed by atoms with van der Waals surface area (Å²) in [5.41, 5.74) is 1.36. The molecule has 0 spiro atoms. The molecule has 2 aliphatic heterocycles. The van der Waals surface area contributed by atoms with Gasteiger partial charge in [-0.05, 0) is 50.6 Å². The number of hydrogen-bond acceptors (Lipinski definition) is 3. The van der Waals surface area contributed by atoms with Gasteiger partial charge in [-0.3, -0.25) is 4.90 Å². The van der Waals surface area contributed by atoms with Crippen molar-refractivity contribution in [1.29, 1.82) is 0 Å². The van der Waals surface area contributed by atoms with Crippen molar-refractivity contribution in [2.24, 2.45) is 0 Å². The molecule has 1 unspecified atom stereocenters. The fraction of sp³-hybridized carbons (Fsp3) is 0.533. The molecule has 4 nitrogen and oxygen atoms in total.